The number of rotatable bonds is 9. The van der Waals surface area contributed by atoms with Gasteiger partial charge in [0.25, 0.3) is 0 Å². The molecule has 5 nitrogen and oxygen atoms in total. The summed E-state index contributed by atoms with van der Waals surface area (Å²) in [6.45, 7) is 3.20. The first-order chi connectivity index (χ1) is 16.2. The zero-order valence-electron chi connectivity index (χ0n) is 19.9. The number of hydrogen-bond acceptors (Lipinski definition) is 4. The van der Waals surface area contributed by atoms with Crippen molar-refractivity contribution in [3.05, 3.63) is 54.6 Å². The van der Waals surface area contributed by atoms with E-state index < -0.39 is 0 Å². The van der Waals surface area contributed by atoms with Crippen LogP contribution in [0.1, 0.15) is 58.3 Å². The summed E-state index contributed by atoms with van der Waals surface area (Å²) < 4.78 is 5.84. The molecule has 2 aromatic rings. The average molecular weight is 502 g/mol. The lowest BCUT2D eigenvalue weighted by Gasteiger charge is -2.27. The molecule has 1 heterocycles. The Labute approximate surface area is 214 Å². The monoisotopic (exact) mass is 501 g/mol. The second-order valence-electron chi connectivity index (χ2n) is 8.91. The minimum Gasteiger partial charge on any atom is -0.457 e. The van der Waals surface area contributed by atoms with Crippen molar-refractivity contribution in [1.82, 2.24) is 4.90 Å². The molecule has 184 valence electrons. The number of aliphatic imine (C=N–C) groups is 1. The second-order valence-corrected chi connectivity index (χ2v) is 9.89. The highest BCUT2D eigenvalue weighted by Gasteiger charge is 2.32. The minimum atomic E-state index is 0. The van der Waals surface area contributed by atoms with Crippen molar-refractivity contribution in [2.75, 3.05) is 17.6 Å². The van der Waals surface area contributed by atoms with Crippen LogP contribution in [-0.4, -0.2) is 40.4 Å². The number of amidine groups is 1. The zero-order valence-corrected chi connectivity index (χ0v) is 21.6. The van der Waals surface area contributed by atoms with E-state index in [0.717, 1.165) is 47.5 Å². The van der Waals surface area contributed by atoms with Gasteiger partial charge in [0.15, 0.2) is 5.17 Å². The molecular weight excluding hydrogens is 466 g/mol. The SMILES string of the molecule is CCCCN1/C(=N/C2CCCCC2)SCC1CC(=O)Nc1ccc(Oc2ccccc2)cc1.Cl. The van der Waals surface area contributed by atoms with E-state index in [0.29, 0.717) is 12.5 Å². The van der Waals surface area contributed by atoms with Gasteiger partial charge in [-0.15, -0.1) is 12.4 Å². The van der Waals surface area contributed by atoms with E-state index >= 15 is 0 Å². The van der Waals surface area contributed by atoms with E-state index in [1.54, 1.807) is 0 Å². The van der Waals surface area contributed by atoms with Crippen molar-refractivity contribution < 1.29 is 9.53 Å². The lowest BCUT2D eigenvalue weighted by molar-refractivity contribution is -0.116. The molecule has 7 heteroatoms. The Bertz CT molecular complexity index is 917. The van der Waals surface area contributed by atoms with Crippen LogP contribution < -0.4 is 10.1 Å². The normalized spacial score (nSPS) is 19.6. The van der Waals surface area contributed by atoms with Gasteiger partial charge in [-0.3, -0.25) is 9.79 Å². The van der Waals surface area contributed by atoms with E-state index in [2.05, 4.69) is 17.1 Å². The molecule has 1 atom stereocenters. The van der Waals surface area contributed by atoms with Gasteiger partial charge in [-0.2, -0.15) is 0 Å². The van der Waals surface area contributed by atoms with Gasteiger partial charge in [0.05, 0.1) is 6.04 Å². The van der Waals surface area contributed by atoms with Crippen LogP contribution in [0.3, 0.4) is 0 Å². The fraction of sp³-hybridized carbons (Fsp3) is 0.481. The molecule has 1 saturated carbocycles. The number of para-hydroxylation sites is 1. The molecule has 1 unspecified atom stereocenters. The van der Waals surface area contributed by atoms with Crippen molar-refractivity contribution in [2.24, 2.45) is 4.99 Å². The number of nitrogens with zero attached hydrogens (tertiary/aromatic N) is 2. The molecule has 0 radical (unpaired) electrons. The first-order valence-corrected chi connectivity index (χ1v) is 13.3. The molecule has 0 spiro atoms. The van der Waals surface area contributed by atoms with Crippen LogP contribution in [0.15, 0.2) is 59.6 Å². The lowest BCUT2D eigenvalue weighted by atomic mass is 9.96. The van der Waals surface area contributed by atoms with Crippen LogP contribution in [-0.2, 0) is 4.79 Å². The molecular formula is C27H36ClN3O2S. The van der Waals surface area contributed by atoms with Crippen LogP contribution in [0.5, 0.6) is 11.5 Å². The number of halogens is 1. The smallest absolute Gasteiger partial charge is 0.226 e. The Hall–Kier alpha value is -2.18. The number of ether oxygens (including phenoxy) is 1. The van der Waals surface area contributed by atoms with Gasteiger partial charge in [0, 0.05) is 30.4 Å². The Kier molecular flexibility index (Phi) is 10.6. The summed E-state index contributed by atoms with van der Waals surface area (Å²) in [5, 5.41) is 4.23. The van der Waals surface area contributed by atoms with Gasteiger partial charge in [0.1, 0.15) is 11.5 Å². The maximum atomic E-state index is 12.8. The number of carbonyl (C=O) groups is 1. The average Bonchev–Trinajstić information content (AvgIpc) is 3.20. The van der Waals surface area contributed by atoms with Crippen molar-refractivity contribution in [3.8, 4) is 11.5 Å². The highest BCUT2D eigenvalue weighted by atomic mass is 35.5. The van der Waals surface area contributed by atoms with E-state index in [-0.39, 0.29) is 24.4 Å². The van der Waals surface area contributed by atoms with Gasteiger partial charge < -0.3 is 15.0 Å². The van der Waals surface area contributed by atoms with E-state index in [4.69, 9.17) is 9.73 Å². The van der Waals surface area contributed by atoms with Crippen molar-refractivity contribution in [3.63, 3.8) is 0 Å². The zero-order chi connectivity index (χ0) is 22.9. The third-order valence-electron chi connectivity index (χ3n) is 6.25. The first-order valence-electron chi connectivity index (χ1n) is 12.3. The number of nitrogens with one attached hydrogen (secondary N) is 1. The van der Waals surface area contributed by atoms with Crippen LogP contribution in [0, 0.1) is 0 Å². The number of unbranched alkanes of at least 4 members (excludes halogenated alkanes) is 1. The van der Waals surface area contributed by atoms with Crippen LogP contribution in [0.4, 0.5) is 5.69 Å². The molecule has 2 aliphatic rings. The van der Waals surface area contributed by atoms with E-state index in [9.17, 15) is 4.79 Å². The highest BCUT2D eigenvalue weighted by molar-refractivity contribution is 8.14. The Balaban J connectivity index is 0.00000324. The number of anilines is 1. The fourth-order valence-corrected chi connectivity index (χ4v) is 5.68. The van der Waals surface area contributed by atoms with Gasteiger partial charge in [-0.25, -0.2) is 0 Å². The number of benzene rings is 2. The fourth-order valence-electron chi connectivity index (χ4n) is 4.41. The molecule has 4 rings (SSSR count). The van der Waals surface area contributed by atoms with Crippen molar-refractivity contribution in [1.29, 1.82) is 0 Å². The molecule has 2 aromatic carbocycles. The Morgan fingerprint density at radius 1 is 1.06 bits per heavy atom. The molecule has 0 bridgehead atoms. The van der Waals surface area contributed by atoms with Gasteiger partial charge in [-0.1, -0.05) is 62.6 Å². The summed E-state index contributed by atoms with van der Waals surface area (Å²) in [5.41, 5.74) is 0.794. The summed E-state index contributed by atoms with van der Waals surface area (Å²) in [7, 11) is 0. The number of carbonyl (C=O) groups excluding carboxylic acids is 1. The molecule has 1 N–H and O–H groups in total. The summed E-state index contributed by atoms with van der Waals surface area (Å²) >= 11 is 1.83. The maximum Gasteiger partial charge on any atom is 0.226 e. The summed E-state index contributed by atoms with van der Waals surface area (Å²) in [4.78, 5) is 20.4. The Morgan fingerprint density at radius 2 is 1.76 bits per heavy atom. The third kappa shape index (κ3) is 7.67. The third-order valence-corrected chi connectivity index (χ3v) is 7.40. The first kappa shape index (κ1) is 26.4. The molecule has 34 heavy (non-hydrogen) atoms. The molecule has 1 saturated heterocycles. The van der Waals surface area contributed by atoms with Gasteiger partial charge in [0.2, 0.25) is 5.91 Å². The van der Waals surface area contributed by atoms with Crippen LogP contribution in [0.2, 0.25) is 0 Å². The standard InChI is InChI=1S/C27H35N3O2S.ClH/c1-2-3-18-30-23(20-33-27(30)29-21-10-6-4-7-11-21)19-26(31)28-22-14-16-25(17-15-22)32-24-12-8-5-9-13-24;/h5,8-9,12-17,21,23H,2-4,6-7,10-11,18-20H2,1H3,(H,28,31);1H/b29-27-;. The summed E-state index contributed by atoms with van der Waals surface area (Å²) in [6, 6.07) is 17.9. The Morgan fingerprint density at radius 3 is 2.47 bits per heavy atom. The van der Waals surface area contributed by atoms with E-state index in [1.165, 1.54) is 32.1 Å². The van der Waals surface area contributed by atoms with Gasteiger partial charge >= 0.3 is 0 Å². The summed E-state index contributed by atoms with van der Waals surface area (Å²) in [6.07, 6.45) is 9.12. The quantitative estimate of drug-likeness (QED) is 0.397. The van der Waals surface area contributed by atoms with Gasteiger partial charge in [-0.05, 0) is 55.7 Å². The van der Waals surface area contributed by atoms with Crippen molar-refractivity contribution >= 4 is 40.9 Å². The number of thioether (sulfide) groups is 1. The molecule has 1 amide bonds. The largest absolute Gasteiger partial charge is 0.457 e. The molecule has 2 fully saturated rings. The van der Waals surface area contributed by atoms with Crippen LogP contribution in [0.25, 0.3) is 0 Å². The predicted molar refractivity (Wildman–Crippen MR) is 146 cm³/mol. The second kappa shape index (κ2) is 13.6. The minimum absolute atomic E-state index is 0. The van der Waals surface area contributed by atoms with Crippen LogP contribution >= 0.6 is 24.2 Å². The topological polar surface area (TPSA) is 53.9 Å². The lowest BCUT2D eigenvalue weighted by Crippen LogP contribution is -2.38. The maximum absolute atomic E-state index is 12.8. The summed E-state index contributed by atoms with van der Waals surface area (Å²) in [5.74, 6) is 2.54. The predicted octanol–water partition coefficient (Wildman–Crippen LogP) is 7.14. The highest BCUT2D eigenvalue weighted by Crippen LogP contribution is 2.30. The van der Waals surface area contributed by atoms with E-state index in [1.807, 2.05) is 66.4 Å². The molecule has 0 aromatic heterocycles. The molecule has 1 aliphatic carbocycles. The number of amides is 1. The number of hydrogen-bond donors (Lipinski definition) is 1. The molecule has 1 aliphatic heterocycles. The van der Waals surface area contributed by atoms with Crippen molar-refractivity contribution in [2.45, 2.75) is 70.4 Å².